The van der Waals surface area contributed by atoms with Crippen LogP contribution in [0.5, 0.6) is 0 Å². The van der Waals surface area contributed by atoms with Gasteiger partial charge in [-0.1, -0.05) is 13.3 Å². The van der Waals surface area contributed by atoms with Gasteiger partial charge in [0.25, 0.3) is 0 Å². The third-order valence-corrected chi connectivity index (χ3v) is 12.5. The molecule has 0 nitrogen and oxygen atoms in total. The lowest BCUT2D eigenvalue weighted by Gasteiger charge is -2.12. The van der Waals surface area contributed by atoms with Gasteiger partial charge in [-0.15, -0.1) is 0 Å². The SMILES string of the molecule is CCC([SiH](Cl)Cl)[SiH](Cl)Cl. The first-order valence-electron chi connectivity index (χ1n) is 2.65. The number of halogens is 4. The number of hydrogen-bond acceptors (Lipinski definition) is 0. The maximum absolute atomic E-state index is 5.71. The molecule has 0 bridgehead atoms. The van der Waals surface area contributed by atoms with E-state index in [1.54, 1.807) is 0 Å². The molecule has 0 N–H and O–H groups in total. The summed E-state index contributed by atoms with van der Waals surface area (Å²) >= 11 is 22.8. The number of hydrogen-bond donors (Lipinski definition) is 0. The van der Waals surface area contributed by atoms with Crippen LogP contribution in [0.4, 0.5) is 0 Å². The summed E-state index contributed by atoms with van der Waals surface area (Å²) in [7, 11) is -3.20. The van der Waals surface area contributed by atoms with E-state index in [0.29, 0.717) is 0 Å². The zero-order valence-electron chi connectivity index (χ0n) is 4.95. The summed E-state index contributed by atoms with van der Waals surface area (Å²) < 4.78 is 0. The zero-order valence-corrected chi connectivity index (χ0v) is 10.3. The second-order valence-corrected chi connectivity index (χ2v) is 12.5. The molecule has 0 aliphatic carbocycles. The molecule has 0 aromatic rings. The first-order chi connectivity index (χ1) is 4.09. The molecule has 0 aliphatic rings. The van der Waals surface area contributed by atoms with Crippen molar-refractivity contribution in [3.63, 3.8) is 0 Å². The van der Waals surface area contributed by atoms with Gasteiger partial charge in [-0.05, 0) is 5.16 Å². The van der Waals surface area contributed by atoms with Crippen molar-refractivity contribution < 1.29 is 0 Å². The first kappa shape index (κ1) is 10.6. The summed E-state index contributed by atoms with van der Waals surface area (Å²) in [4.78, 5) is 0. The van der Waals surface area contributed by atoms with Crippen LogP contribution >= 0.6 is 44.3 Å². The van der Waals surface area contributed by atoms with Gasteiger partial charge in [-0.2, -0.15) is 44.3 Å². The Labute approximate surface area is 77.5 Å². The van der Waals surface area contributed by atoms with Crippen molar-refractivity contribution in [1.82, 2.24) is 0 Å². The van der Waals surface area contributed by atoms with Crippen LogP contribution in [0.25, 0.3) is 0 Å². The molecular formula is C3H8Cl4Si2. The summed E-state index contributed by atoms with van der Waals surface area (Å²) in [5.41, 5.74) is 0. The van der Waals surface area contributed by atoms with Crippen molar-refractivity contribution >= 4 is 59.1 Å². The molecule has 0 radical (unpaired) electrons. The van der Waals surface area contributed by atoms with Crippen molar-refractivity contribution in [3.8, 4) is 0 Å². The summed E-state index contributed by atoms with van der Waals surface area (Å²) in [6.07, 6.45) is 0.924. The minimum Gasteiger partial charge on any atom is -0.150 e. The average molecular weight is 242 g/mol. The highest BCUT2D eigenvalue weighted by molar-refractivity contribution is 7.45. The Balaban J connectivity index is 3.68. The predicted octanol–water partition coefficient (Wildman–Crippen LogP) is 2.70. The monoisotopic (exact) mass is 240 g/mol. The van der Waals surface area contributed by atoms with Gasteiger partial charge in [0.05, 0.1) is 0 Å². The molecule has 9 heavy (non-hydrogen) atoms. The van der Waals surface area contributed by atoms with Crippen LogP contribution in [0.2, 0.25) is 5.16 Å². The standard InChI is InChI=1S/C3H8Cl4Si2/c1-2-3(8(4)5)9(6)7/h3,8-9H,2H2,1H3. The molecule has 0 aromatic heterocycles. The molecule has 0 spiro atoms. The van der Waals surface area contributed by atoms with Crippen LogP contribution in [-0.4, -0.2) is 14.8 Å². The van der Waals surface area contributed by atoms with Gasteiger partial charge in [-0.25, -0.2) is 0 Å². The lowest BCUT2D eigenvalue weighted by Crippen LogP contribution is -2.16. The lowest BCUT2D eigenvalue weighted by atomic mass is 10.6. The van der Waals surface area contributed by atoms with E-state index in [0.717, 1.165) is 6.42 Å². The Morgan fingerprint density at radius 1 is 1.11 bits per heavy atom. The van der Waals surface area contributed by atoms with E-state index < -0.39 is 14.8 Å². The van der Waals surface area contributed by atoms with E-state index in [2.05, 4.69) is 0 Å². The van der Waals surface area contributed by atoms with Crippen LogP contribution in [-0.2, 0) is 0 Å². The highest BCUT2D eigenvalue weighted by Crippen LogP contribution is 2.27. The van der Waals surface area contributed by atoms with E-state index in [1.807, 2.05) is 6.92 Å². The Morgan fingerprint density at radius 3 is 1.44 bits per heavy atom. The second kappa shape index (κ2) is 5.27. The molecule has 6 heteroatoms. The molecular weight excluding hydrogens is 234 g/mol. The van der Waals surface area contributed by atoms with Crippen LogP contribution in [0.15, 0.2) is 0 Å². The molecule has 0 aromatic carbocycles. The van der Waals surface area contributed by atoms with Gasteiger partial charge in [0, 0.05) is 0 Å². The van der Waals surface area contributed by atoms with Crippen LogP contribution in [0.3, 0.4) is 0 Å². The average Bonchev–Trinajstić information content (AvgIpc) is 1.64. The molecule has 0 amide bonds. The molecule has 0 rings (SSSR count). The van der Waals surface area contributed by atoms with E-state index in [9.17, 15) is 0 Å². The van der Waals surface area contributed by atoms with Gasteiger partial charge in [0.1, 0.15) is 0 Å². The molecule has 0 aliphatic heterocycles. The Kier molecular flexibility index (Phi) is 6.20. The highest BCUT2D eigenvalue weighted by Gasteiger charge is 2.25. The summed E-state index contributed by atoms with van der Waals surface area (Å²) in [5.74, 6) is 0. The third-order valence-electron chi connectivity index (χ3n) is 1.12. The van der Waals surface area contributed by atoms with E-state index in [1.165, 1.54) is 0 Å². The van der Waals surface area contributed by atoms with E-state index >= 15 is 0 Å². The first-order valence-corrected chi connectivity index (χ1v) is 11.0. The normalized spacial score (nSPS) is 12.0. The Morgan fingerprint density at radius 2 is 1.44 bits per heavy atom. The minimum atomic E-state index is -1.60. The van der Waals surface area contributed by atoms with Crippen molar-refractivity contribution in [2.75, 3.05) is 0 Å². The lowest BCUT2D eigenvalue weighted by molar-refractivity contribution is 1.01. The molecule has 56 valence electrons. The highest BCUT2D eigenvalue weighted by atomic mass is 35.7. The fourth-order valence-electron chi connectivity index (χ4n) is 0.466. The molecule has 0 unspecified atom stereocenters. The Bertz CT molecular complexity index is 68.2. The van der Waals surface area contributed by atoms with E-state index in [4.69, 9.17) is 44.3 Å². The third kappa shape index (κ3) is 4.12. The smallest absolute Gasteiger partial charge is 0.150 e. The quantitative estimate of drug-likeness (QED) is 0.527. The topological polar surface area (TPSA) is 0 Å². The van der Waals surface area contributed by atoms with Gasteiger partial charge in [0.15, 0.2) is 0 Å². The zero-order chi connectivity index (χ0) is 7.44. The fraction of sp³-hybridized carbons (Fsp3) is 1.00. The minimum absolute atomic E-state index is 0.261. The molecule has 0 heterocycles. The van der Waals surface area contributed by atoms with Crippen molar-refractivity contribution in [1.29, 1.82) is 0 Å². The maximum atomic E-state index is 5.71. The van der Waals surface area contributed by atoms with Gasteiger partial charge >= 0.3 is 0 Å². The maximum Gasteiger partial charge on any atom is 0.239 e. The number of rotatable bonds is 3. The summed E-state index contributed by atoms with van der Waals surface area (Å²) in [6.45, 7) is 2.01. The van der Waals surface area contributed by atoms with Crippen molar-refractivity contribution in [3.05, 3.63) is 0 Å². The molecule has 0 saturated carbocycles. The van der Waals surface area contributed by atoms with Crippen molar-refractivity contribution in [2.24, 2.45) is 0 Å². The van der Waals surface area contributed by atoms with Crippen LogP contribution in [0.1, 0.15) is 13.3 Å². The van der Waals surface area contributed by atoms with Gasteiger partial charge in [0.2, 0.25) is 14.8 Å². The predicted molar refractivity (Wildman–Crippen MR) is 51.8 cm³/mol. The fourth-order valence-corrected chi connectivity index (χ4v) is 12.1. The molecule has 0 fully saturated rings. The summed E-state index contributed by atoms with van der Waals surface area (Å²) in [5, 5.41) is 0.261. The van der Waals surface area contributed by atoms with Gasteiger partial charge in [-0.3, -0.25) is 0 Å². The van der Waals surface area contributed by atoms with Crippen LogP contribution in [0, 0.1) is 0 Å². The summed E-state index contributed by atoms with van der Waals surface area (Å²) in [6, 6.07) is 0. The second-order valence-electron chi connectivity index (χ2n) is 1.74. The largest absolute Gasteiger partial charge is 0.239 e. The van der Waals surface area contributed by atoms with Crippen LogP contribution < -0.4 is 0 Å². The van der Waals surface area contributed by atoms with E-state index in [-0.39, 0.29) is 5.16 Å². The van der Waals surface area contributed by atoms with Crippen molar-refractivity contribution in [2.45, 2.75) is 18.5 Å². The molecule has 0 atom stereocenters. The Hall–Kier alpha value is 1.59. The molecule has 0 saturated heterocycles. The van der Waals surface area contributed by atoms with Gasteiger partial charge < -0.3 is 0 Å².